The predicted molar refractivity (Wildman–Crippen MR) is 470 cm³/mol. The van der Waals surface area contributed by atoms with Crippen molar-refractivity contribution in [3.05, 3.63) is 214 Å². The Morgan fingerprint density at radius 2 is 0.584 bits per heavy atom. The standard InChI is InChI=1S/5C14H17NO.3C9H15NO/c1-3-4-10-13-14(11(2)15-16-13)12-8-6-5-7-9-12;2*1-3-4-10-13-11(2)14(15-16-13)12-8-6-5-7-9-12;2*1-3-4-5-9-12-14(15-16-2)13-10-7-6-8-11-13;1-4-5-6-9-7(2)8(3)10-11-9;2*1-4-5-6-7-8-9(2)10-11-3/h3*5-9H,3-4,10H2,1-2H3;2*6-8,10-11H,3-5H2,1-2H3;3*4-6H2,1-3H3/b;;;2*15-14+;;2*10-9-. The predicted octanol–water partition coefficient (Wildman–Crippen LogP) is 25.5. The SMILES string of the molecule is CCCCC#C/C(=N\OC)c1ccccc1.CCCCC#C/C(=N\OC)c1ccccc1.CCCCC#C/C(C)=N\OC.CCCCC#C/C(C)=N\OC.CCCCc1onc(-c2ccccc2)c1C.CCCCc1onc(-c2ccccc2)c1C.CCCCc1onc(C)c1-c1ccccc1.CCCCc1onc(C)c1C. The summed E-state index contributed by atoms with van der Waals surface area (Å²) in [6, 6.07) is 50.4. The summed E-state index contributed by atoms with van der Waals surface area (Å²) < 4.78 is 21.4. The lowest BCUT2D eigenvalue weighted by atomic mass is 10.0. The van der Waals surface area contributed by atoms with E-state index in [-0.39, 0.29) is 0 Å². The summed E-state index contributed by atoms with van der Waals surface area (Å²) >= 11 is 0. The Hall–Kier alpha value is -10.9. The van der Waals surface area contributed by atoms with Crippen molar-refractivity contribution in [2.75, 3.05) is 28.4 Å². The molecule has 0 aliphatic carbocycles. The van der Waals surface area contributed by atoms with Gasteiger partial charge in [0.05, 0.1) is 11.4 Å². The number of hydrogen-bond donors (Lipinski definition) is 0. The fourth-order valence-electron chi connectivity index (χ4n) is 10.3. The second-order valence-electron chi connectivity index (χ2n) is 26.4. The Morgan fingerprint density at radius 1 is 0.310 bits per heavy atom. The van der Waals surface area contributed by atoms with Crippen LogP contribution in [0.2, 0.25) is 0 Å². The molecule has 4 heterocycles. The van der Waals surface area contributed by atoms with Gasteiger partial charge in [-0.1, -0.05) is 323 Å². The molecule has 16 nitrogen and oxygen atoms in total. The van der Waals surface area contributed by atoms with E-state index in [9.17, 15) is 0 Å². The third-order valence-corrected chi connectivity index (χ3v) is 16.9. The van der Waals surface area contributed by atoms with Crippen LogP contribution in [0.1, 0.15) is 260 Å². The van der Waals surface area contributed by atoms with Gasteiger partial charge in [-0.2, -0.15) is 0 Å². The number of aromatic nitrogens is 4. The first-order chi connectivity index (χ1) is 55.1. The smallest absolute Gasteiger partial charge is 0.159 e. The first-order valence-corrected chi connectivity index (χ1v) is 40.5. The maximum absolute atomic E-state index is 5.40. The third-order valence-electron chi connectivity index (χ3n) is 16.9. The van der Waals surface area contributed by atoms with Gasteiger partial charge in [-0.3, -0.25) is 0 Å². The zero-order valence-corrected chi connectivity index (χ0v) is 71.7. The average Bonchev–Trinajstić information content (AvgIpc) is 1.70. The van der Waals surface area contributed by atoms with Gasteiger partial charge < -0.3 is 37.4 Å². The minimum absolute atomic E-state index is 0.694. The van der Waals surface area contributed by atoms with Crippen LogP contribution in [0.3, 0.4) is 0 Å². The molecule has 0 bridgehead atoms. The topological polar surface area (TPSA) is 190 Å². The van der Waals surface area contributed by atoms with Crippen LogP contribution in [0, 0.1) is 82.0 Å². The summed E-state index contributed by atoms with van der Waals surface area (Å²) in [5.74, 6) is 28.3. The molecule has 16 heteroatoms. The second-order valence-corrected chi connectivity index (χ2v) is 26.4. The monoisotopic (exact) mass is 1540 g/mol. The highest BCUT2D eigenvalue weighted by atomic mass is 16.6. The van der Waals surface area contributed by atoms with Crippen molar-refractivity contribution in [3.63, 3.8) is 0 Å². The van der Waals surface area contributed by atoms with Crippen molar-refractivity contribution >= 4 is 22.8 Å². The molecule has 0 saturated heterocycles. The van der Waals surface area contributed by atoms with Gasteiger partial charge in [0.15, 0.2) is 11.4 Å². The third kappa shape index (κ3) is 42.3. The molecular formula is C97H130N8O8. The van der Waals surface area contributed by atoms with E-state index in [1.165, 1.54) is 101 Å². The summed E-state index contributed by atoms with van der Waals surface area (Å²) in [7, 11) is 6.13. The molecule has 0 fully saturated rings. The quantitative estimate of drug-likeness (QED) is 0.0187. The van der Waals surface area contributed by atoms with Crippen molar-refractivity contribution < 1.29 is 37.4 Å². The summed E-state index contributed by atoms with van der Waals surface area (Å²) in [6.07, 6.45) is 26.4. The molecule has 9 rings (SSSR count). The van der Waals surface area contributed by atoms with Crippen LogP contribution in [0.25, 0.3) is 33.6 Å². The fraction of sp³-hybridized carbons (Fsp3) is 0.443. The second kappa shape index (κ2) is 64.7. The molecule has 0 saturated carbocycles. The molecule has 0 atom stereocenters. The molecule has 0 aliphatic rings. The van der Waals surface area contributed by atoms with E-state index in [2.05, 4.69) is 211 Å². The number of nitrogens with zero attached hydrogens (tertiary/aromatic N) is 8. The van der Waals surface area contributed by atoms with Gasteiger partial charge in [0.2, 0.25) is 0 Å². The summed E-state index contributed by atoms with van der Waals surface area (Å²) in [4.78, 5) is 18.7. The van der Waals surface area contributed by atoms with Crippen LogP contribution in [-0.2, 0) is 45.0 Å². The first-order valence-electron chi connectivity index (χ1n) is 40.5. The van der Waals surface area contributed by atoms with Gasteiger partial charge >= 0.3 is 0 Å². The molecule has 113 heavy (non-hydrogen) atoms. The molecule has 0 radical (unpaired) electrons. The molecular weight excluding hydrogens is 1410 g/mol. The van der Waals surface area contributed by atoms with E-state index in [0.29, 0.717) is 11.4 Å². The highest BCUT2D eigenvalue weighted by Gasteiger charge is 2.16. The molecule has 606 valence electrons. The lowest BCUT2D eigenvalue weighted by Crippen LogP contribution is -1.97. The summed E-state index contributed by atoms with van der Waals surface area (Å²) in [5.41, 5.74) is 17.0. The number of oxime groups is 4. The van der Waals surface area contributed by atoms with Gasteiger partial charge in [-0.15, -0.1) is 0 Å². The zero-order valence-electron chi connectivity index (χ0n) is 71.7. The summed E-state index contributed by atoms with van der Waals surface area (Å²) in [6.45, 7) is 31.2. The first kappa shape index (κ1) is 98.1. The minimum Gasteiger partial charge on any atom is -0.398 e. The largest absolute Gasteiger partial charge is 0.398 e. The Labute approximate surface area is 679 Å². The average molecular weight is 1540 g/mol. The van der Waals surface area contributed by atoms with Crippen LogP contribution in [-0.4, -0.2) is 71.9 Å². The minimum atomic E-state index is 0.694. The highest BCUT2D eigenvalue weighted by molar-refractivity contribution is 6.13. The van der Waals surface area contributed by atoms with Crippen molar-refractivity contribution in [1.82, 2.24) is 20.6 Å². The van der Waals surface area contributed by atoms with E-state index in [1.54, 1.807) is 0 Å². The fourth-order valence-corrected chi connectivity index (χ4v) is 10.3. The molecule has 9 aromatic rings. The number of hydrogen-bond acceptors (Lipinski definition) is 16. The lowest BCUT2D eigenvalue weighted by molar-refractivity contribution is 0.214. The van der Waals surface area contributed by atoms with E-state index in [1.807, 2.05) is 143 Å². The Balaban J connectivity index is 0.000000441. The highest BCUT2D eigenvalue weighted by Crippen LogP contribution is 2.29. The van der Waals surface area contributed by atoms with Gasteiger partial charge in [-0.05, 0) is 129 Å². The number of rotatable bonds is 29. The van der Waals surface area contributed by atoms with Crippen molar-refractivity contribution in [3.8, 4) is 81.0 Å². The molecule has 0 aliphatic heterocycles. The number of benzene rings is 5. The number of unbranched alkanes of at least 4 members (excludes halogenated alkanes) is 12. The van der Waals surface area contributed by atoms with E-state index < -0.39 is 0 Å². The maximum atomic E-state index is 5.40. The van der Waals surface area contributed by atoms with Crippen molar-refractivity contribution in [2.45, 2.75) is 258 Å². The number of aryl methyl sites for hydroxylation is 6. The van der Waals surface area contributed by atoms with Crippen LogP contribution in [0.5, 0.6) is 0 Å². The van der Waals surface area contributed by atoms with E-state index >= 15 is 0 Å². The Morgan fingerprint density at radius 3 is 0.894 bits per heavy atom. The normalized spacial score (nSPS) is 10.5. The molecule has 0 unspecified atom stereocenters. The Bertz CT molecular complexity index is 4100. The molecule has 0 spiro atoms. The van der Waals surface area contributed by atoms with Crippen LogP contribution in [0.4, 0.5) is 0 Å². The van der Waals surface area contributed by atoms with Gasteiger partial charge in [0, 0.05) is 95.9 Å². The summed E-state index contributed by atoms with van der Waals surface area (Å²) in [5, 5.41) is 31.5. The molecule has 5 aromatic carbocycles. The maximum Gasteiger partial charge on any atom is 0.159 e. The van der Waals surface area contributed by atoms with Gasteiger partial charge in [0.25, 0.3) is 0 Å². The molecule has 4 aromatic heterocycles. The van der Waals surface area contributed by atoms with Crippen LogP contribution in [0.15, 0.2) is 190 Å². The van der Waals surface area contributed by atoms with Gasteiger partial charge in [0.1, 0.15) is 74.3 Å². The van der Waals surface area contributed by atoms with Crippen molar-refractivity contribution in [1.29, 1.82) is 0 Å². The van der Waals surface area contributed by atoms with Crippen molar-refractivity contribution in [2.24, 2.45) is 20.6 Å². The van der Waals surface area contributed by atoms with Crippen LogP contribution >= 0.6 is 0 Å². The van der Waals surface area contributed by atoms with E-state index in [0.717, 1.165) is 189 Å². The zero-order chi connectivity index (χ0) is 82.7. The molecule has 0 N–H and O–H groups in total. The Kier molecular flexibility index (Phi) is 56.2. The molecule has 0 amide bonds. The lowest BCUT2D eigenvalue weighted by Gasteiger charge is -2.01. The van der Waals surface area contributed by atoms with Crippen LogP contribution < -0.4 is 0 Å². The van der Waals surface area contributed by atoms with Gasteiger partial charge in [-0.25, -0.2) is 0 Å². The van der Waals surface area contributed by atoms with E-state index in [4.69, 9.17) is 27.8 Å².